The second-order valence-corrected chi connectivity index (χ2v) is 5.12. The van der Waals surface area contributed by atoms with Gasteiger partial charge in [0, 0.05) is 18.7 Å². The van der Waals surface area contributed by atoms with E-state index in [2.05, 4.69) is 13.8 Å². The molecule has 2 N–H and O–H groups in total. The zero-order chi connectivity index (χ0) is 14.6. The zero-order valence-electron chi connectivity index (χ0n) is 11.5. The van der Waals surface area contributed by atoms with Gasteiger partial charge in [0.1, 0.15) is 4.99 Å². The standard InChI is InChI=1S/C14H20F2N2S/c1-4-9(3)8-18(5-2)11-7-6-10(14(17)19)12(15)13(11)16/h6-7,9H,4-5,8H2,1-3H3,(H2,17,19). The molecule has 106 valence electrons. The summed E-state index contributed by atoms with van der Waals surface area (Å²) in [7, 11) is 0. The fourth-order valence-electron chi connectivity index (χ4n) is 1.88. The Kier molecular flexibility index (Phi) is 5.66. The zero-order valence-corrected chi connectivity index (χ0v) is 12.4. The Morgan fingerprint density at radius 2 is 1.95 bits per heavy atom. The molecule has 1 rings (SSSR count). The number of rotatable bonds is 6. The Morgan fingerprint density at radius 3 is 2.42 bits per heavy atom. The summed E-state index contributed by atoms with van der Waals surface area (Å²) in [6, 6.07) is 2.98. The second kappa shape index (κ2) is 6.80. The van der Waals surface area contributed by atoms with E-state index in [1.165, 1.54) is 6.07 Å². The first kappa shape index (κ1) is 15.8. The highest BCUT2D eigenvalue weighted by atomic mass is 32.1. The van der Waals surface area contributed by atoms with Crippen LogP contribution in [0.25, 0.3) is 0 Å². The molecule has 0 aliphatic rings. The van der Waals surface area contributed by atoms with Crippen LogP contribution >= 0.6 is 12.2 Å². The Balaban J connectivity index is 3.12. The van der Waals surface area contributed by atoms with Gasteiger partial charge in [0.15, 0.2) is 11.6 Å². The van der Waals surface area contributed by atoms with Crippen LogP contribution in [0.1, 0.15) is 32.8 Å². The lowest BCUT2D eigenvalue weighted by Gasteiger charge is -2.27. The molecule has 0 fully saturated rings. The highest BCUT2D eigenvalue weighted by Gasteiger charge is 2.19. The van der Waals surface area contributed by atoms with Crippen LogP contribution in [0.15, 0.2) is 12.1 Å². The first-order valence-corrected chi connectivity index (χ1v) is 6.85. The number of nitrogens with zero attached hydrogens (tertiary/aromatic N) is 1. The molecule has 0 aliphatic carbocycles. The second-order valence-electron chi connectivity index (χ2n) is 4.68. The van der Waals surface area contributed by atoms with Gasteiger partial charge in [-0.25, -0.2) is 8.78 Å². The summed E-state index contributed by atoms with van der Waals surface area (Å²) in [5.74, 6) is -1.43. The van der Waals surface area contributed by atoms with Gasteiger partial charge in [-0.15, -0.1) is 0 Å². The van der Waals surface area contributed by atoms with E-state index >= 15 is 0 Å². The number of anilines is 1. The average Bonchev–Trinajstić information content (AvgIpc) is 2.38. The van der Waals surface area contributed by atoms with E-state index in [0.29, 0.717) is 19.0 Å². The van der Waals surface area contributed by atoms with Gasteiger partial charge >= 0.3 is 0 Å². The van der Waals surface area contributed by atoms with Gasteiger partial charge in [0.25, 0.3) is 0 Å². The van der Waals surface area contributed by atoms with E-state index < -0.39 is 11.6 Å². The molecule has 0 spiro atoms. The van der Waals surface area contributed by atoms with Crippen molar-refractivity contribution in [3.63, 3.8) is 0 Å². The first-order valence-electron chi connectivity index (χ1n) is 6.45. The lowest BCUT2D eigenvalue weighted by atomic mass is 10.1. The maximum Gasteiger partial charge on any atom is 0.182 e. The number of hydrogen-bond acceptors (Lipinski definition) is 2. The quantitative estimate of drug-likeness (QED) is 0.812. The van der Waals surface area contributed by atoms with Crippen molar-refractivity contribution in [2.75, 3.05) is 18.0 Å². The SMILES string of the molecule is CCC(C)CN(CC)c1ccc(C(N)=S)c(F)c1F. The minimum absolute atomic E-state index is 0.0455. The van der Waals surface area contributed by atoms with Crippen molar-refractivity contribution in [2.45, 2.75) is 27.2 Å². The molecule has 1 unspecified atom stereocenters. The van der Waals surface area contributed by atoms with Gasteiger partial charge in [-0.3, -0.25) is 0 Å². The molecular weight excluding hydrogens is 266 g/mol. The van der Waals surface area contributed by atoms with Gasteiger partial charge in [0.2, 0.25) is 0 Å². The molecule has 1 aromatic rings. The topological polar surface area (TPSA) is 29.3 Å². The Bertz CT molecular complexity index is 463. The third-order valence-corrected chi connectivity index (χ3v) is 3.50. The van der Waals surface area contributed by atoms with Gasteiger partial charge < -0.3 is 10.6 Å². The highest BCUT2D eigenvalue weighted by molar-refractivity contribution is 7.80. The summed E-state index contributed by atoms with van der Waals surface area (Å²) in [4.78, 5) is 1.70. The maximum atomic E-state index is 14.1. The third-order valence-electron chi connectivity index (χ3n) is 3.28. The van der Waals surface area contributed by atoms with E-state index in [-0.39, 0.29) is 16.2 Å². The fourth-order valence-corrected chi connectivity index (χ4v) is 2.03. The minimum Gasteiger partial charge on any atom is -0.389 e. The number of thiocarbonyl (C=S) groups is 1. The molecule has 0 aromatic heterocycles. The van der Waals surface area contributed by atoms with Gasteiger partial charge in [-0.2, -0.15) is 0 Å². The molecule has 0 saturated heterocycles. The maximum absolute atomic E-state index is 14.1. The van der Waals surface area contributed by atoms with E-state index in [9.17, 15) is 8.78 Å². The molecule has 5 heteroatoms. The summed E-state index contributed by atoms with van der Waals surface area (Å²) >= 11 is 4.69. The van der Waals surface area contributed by atoms with Crippen molar-refractivity contribution in [3.8, 4) is 0 Å². The lowest BCUT2D eigenvalue weighted by Crippen LogP contribution is -2.29. The average molecular weight is 286 g/mol. The molecule has 0 heterocycles. The van der Waals surface area contributed by atoms with Crippen LogP contribution in [-0.2, 0) is 0 Å². The van der Waals surface area contributed by atoms with Crippen LogP contribution in [0.2, 0.25) is 0 Å². The molecule has 0 amide bonds. The molecule has 19 heavy (non-hydrogen) atoms. The molecular formula is C14H20F2N2S. The van der Waals surface area contributed by atoms with Crippen LogP contribution in [0, 0.1) is 17.6 Å². The molecule has 0 radical (unpaired) electrons. The Labute approximate surface area is 118 Å². The minimum atomic E-state index is -0.965. The Hall–Kier alpha value is -1.23. The molecule has 0 aliphatic heterocycles. The highest BCUT2D eigenvalue weighted by Crippen LogP contribution is 2.25. The summed E-state index contributed by atoms with van der Waals surface area (Å²) in [5, 5.41) is 0. The fraction of sp³-hybridized carbons (Fsp3) is 0.500. The summed E-state index contributed by atoms with van der Waals surface area (Å²) in [5.41, 5.74) is 5.57. The van der Waals surface area contributed by atoms with Gasteiger partial charge in [-0.05, 0) is 25.0 Å². The van der Waals surface area contributed by atoms with Crippen LogP contribution in [0.4, 0.5) is 14.5 Å². The monoisotopic (exact) mass is 286 g/mol. The molecule has 1 aromatic carbocycles. The lowest BCUT2D eigenvalue weighted by molar-refractivity contribution is 0.495. The van der Waals surface area contributed by atoms with Crippen LogP contribution < -0.4 is 10.6 Å². The number of hydrogen-bond donors (Lipinski definition) is 1. The van der Waals surface area contributed by atoms with Crippen molar-refractivity contribution < 1.29 is 8.78 Å². The molecule has 1 atom stereocenters. The third kappa shape index (κ3) is 3.62. The smallest absolute Gasteiger partial charge is 0.182 e. The van der Waals surface area contributed by atoms with Crippen LogP contribution in [0.3, 0.4) is 0 Å². The Morgan fingerprint density at radius 1 is 1.32 bits per heavy atom. The summed E-state index contributed by atoms with van der Waals surface area (Å²) < 4.78 is 27.9. The van der Waals surface area contributed by atoms with Gasteiger partial charge in [0.05, 0.1) is 5.69 Å². The summed E-state index contributed by atoms with van der Waals surface area (Å²) in [6.07, 6.45) is 0.992. The van der Waals surface area contributed by atoms with E-state index in [1.54, 1.807) is 6.07 Å². The predicted molar refractivity (Wildman–Crippen MR) is 79.6 cm³/mol. The number of nitrogens with two attached hydrogens (primary N) is 1. The van der Waals surface area contributed by atoms with E-state index in [0.717, 1.165) is 6.42 Å². The van der Waals surface area contributed by atoms with E-state index in [4.69, 9.17) is 18.0 Å². The predicted octanol–water partition coefficient (Wildman–Crippen LogP) is 3.47. The van der Waals surface area contributed by atoms with Crippen molar-refractivity contribution in [1.82, 2.24) is 0 Å². The number of halogens is 2. The van der Waals surface area contributed by atoms with Crippen molar-refractivity contribution in [1.29, 1.82) is 0 Å². The van der Waals surface area contributed by atoms with Crippen molar-refractivity contribution in [2.24, 2.45) is 11.7 Å². The van der Waals surface area contributed by atoms with Crippen LogP contribution in [-0.4, -0.2) is 18.1 Å². The first-order chi connectivity index (χ1) is 8.92. The normalized spacial score (nSPS) is 12.3. The largest absolute Gasteiger partial charge is 0.389 e. The van der Waals surface area contributed by atoms with E-state index in [1.807, 2.05) is 11.8 Å². The van der Waals surface area contributed by atoms with Gasteiger partial charge in [-0.1, -0.05) is 32.5 Å². The van der Waals surface area contributed by atoms with Crippen molar-refractivity contribution in [3.05, 3.63) is 29.3 Å². The van der Waals surface area contributed by atoms with Crippen molar-refractivity contribution >= 4 is 22.9 Å². The molecule has 0 bridgehead atoms. The molecule has 2 nitrogen and oxygen atoms in total. The van der Waals surface area contributed by atoms with Crippen LogP contribution in [0.5, 0.6) is 0 Å². The summed E-state index contributed by atoms with van der Waals surface area (Å²) in [6.45, 7) is 7.38. The number of benzene rings is 1. The molecule has 0 saturated carbocycles.